The number of halogens is 3. The molecule has 7 nitrogen and oxygen atoms in total. The lowest BCUT2D eigenvalue weighted by Gasteiger charge is -2.23. The van der Waals surface area contributed by atoms with Crippen LogP contribution >= 0.6 is 67.8 Å². The van der Waals surface area contributed by atoms with E-state index in [1.165, 1.54) is 4.90 Å². The topological polar surface area (TPSA) is 110 Å². The first-order valence-corrected chi connectivity index (χ1v) is 9.70. The molecule has 10 heteroatoms. The van der Waals surface area contributed by atoms with Crippen molar-refractivity contribution in [2.24, 2.45) is 0 Å². The highest BCUT2D eigenvalue weighted by atomic mass is 127. The molecule has 1 rings (SSSR count). The fourth-order valence-electron chi connectivity index (χ4n) is 1.79. The molecular weight excluding hydrogens is 645 g/mol. The molecule has 0 bridgehead atoms. The summed E-state index contributed by atoms with van der Waals surface area (Å²) in [6.07, 6.45) is 0. The van der Waals surface area contributed by atoms with Crippen molar-refractivity contribution in [1.29, 1.82) is 0 Å². The Morgan fingerprint density at radius 1 is 1.04 bits per heavy atom. The lowest BCUT2D eigenvalue weighted by atomic mass is 10.1. The quantitative estimate of drug-likeness (QED) is 0.325. The van der Waals surface area contributed by atoms with Crippen LogP contribution < -0.4 is 5.32 Å². The molecule has 0 unspecified atom stereocenters. The van der Waals surface area contributed by atoms with E-state index in [0.717, 1.165) is 3.57 Å². The first-order chi connectivity index (χ1) is 10.9. The molecule has 0 saturated carbocycles. The van der Waals surface area contributed by atoms with E-state index in [9.17, 15) is 9.59 Å². The van der Waals surface area contributed by atoms with Crippen molar-refractivity contribution in [2.45, 2.75) is 0 Å². The van der Waals surface area contributed by atoms with Crippen LogP contribution in [0.4, 0.5) is 5.69 Å². The van der Waals surface area contributed by atoms with Crippen molar-refractivity contribution in [3.63, 3.8) is 0 Å². The number of amides is 2. The van der Waals surface area contributed by atoms with Crippen LogP contribution in [0.2, 0.25) is 0 Å². The van der Waals surface area contributed by atoms with Gasteiger partial charge in [-0.05, 0) is 73.8 Å². The van der Waals surface area contributed by atoms with Crippen LogP contribution in [0.25, 0.3) is 0 Å². The highest BCUT2D eigenvalue weighted by Crippen LogP contribution is 2.32. The Labute approximate surface area is 174 Å². The summed E-state index contributed by atoms with van der Waals surface area (Å²) in [4.78, 5) is 25.5. The van der Waals surface area contributed by atoms with Crippen molar-refractivity contribution >= 4 is 85.3 Å². The molecule has 23 heavy (non-hydrogen) atoms. The van der Waals surface area contributed by atoms with Gasteiger partial charge in [0, 0.05) is 20.2 Å². The zero-order valence-electron chi connectivity index (χ0n) is 11.9. The third-order valence-corrected chi connectivity index (χ3v) is 5.60. The summed E-state index contributed by atoms with van der Waals surface area (Å²) in [5.41, 5.74) is 0.851. The van der Waals surface area contributed by atoms with Crippen LogP contribution in [0, 0.1) is 10.7 Å². The summed E-state index contributed by atoms with van der Waals surface area (Å²) >= 11 is 6.04. The molecule has 2 amide bonds. The Morgan fingerprint density at radius 2 is 1.61 bits per heavy atom. The van der Waals surface area contributed by atoms with Gasteiger partial charge in [-0.15, -0.1) is 0 Å². The summed E-state index contributed by atoms with van der Waals surface area (Å²) < 4.78 is 1.99. The highest BCUT2D eigenvalue weighted by Gasteiger charge is 2.24. The maximum absolute atomic E-state index is 12.7. The van der Waals surface area contributed by atoms with Gasteiger partial charge in [0.1, 0.15) is 6.61 Å². The molecule has 0 aliphatic carbocycles. The Kier molecular flexibility index (Phi) is 9.50. The third-order valence-electron chi connectivity index (χ3n) is 2.82. The van der Waals surface area contributed by atoms with Gasteiger partial charge in [-0.1, -0.05) is 0 Å². The smallest absolute Gasteiger partial charge is 0.256 e. The van der Waals surface area contributed by atoms with E-state index in [-0.39, 0.29) is 32.2 Å². The summed E-state index contributed by atoms with van der Waals surface area (Å²) in [5.74, 6) is -0.902. The number of anilines is 1. The van der Waals surface area contributed by atoms with Gasteiger partial charge in [0.25, 0.3) is 5.91 Å². The third kappa shape index (κ3) is 5.62. The van der Waals surface area contributed by atoms with Crippen LogP contribution in [0.15, 0.2) is 6.07 Å². The normalized spacial score (nSPS) is 10.5. The molecule has 0 aliphatic heterocycles. The summed E-state index contributed by atoms with van der Waals surface area (Å²) in [6.45, 7) is -0.858. The summed E-state index contributed by atoms with van der Waals surface area (Å²) in [5, 5.41) is 29.6. The molecule has 0 atom stereocenters. The molecule has 128 valence electrons. The van der Waals surface area contributed by atoms with Crippen molar-refractivity contribution in [1.82, 2.24) is 4.90 Å². The van der Waals surface area contributed by atoms with Crippen LogP contribution in [0.3, 0.4) is 0 Å². The molecule has 0 aromatic heterocycles. The second-order valence-electron chi connectivity index (χ2n) is 4.35. The molecule has 0 heterocycles. The van der Waals surface area contributed by atoms with Crippen molar-refractivity contribution in [3.05, 3.63) is 22.3 Å². The second-order valence-corrected chi connectivity index (χ2v) is 7.75. The Morgan fingerprint density at radius 3 is 2.09 bits per heavy atom. The predicted molar refractivity (Wildman–Crippen MR) is 110 cm³/mol. The lowest BCUT2D eigenvalue weighted by Crippen LogP contribution is -2.37. The lowest BCUT2D eigenvalue weighted by molar-refractivity contribution is -0.118. The van der Waals surface area contributed by atoms with Crippen LogP contribution in [-0.4, -0.2) is 64.9 Å². The van der Waals surface area contributed by atoms with E-state index >= 15 is 0 Å². The van der Waals surface area contributed by atoms with E-state index in [2.05, 4.69) is 5.32 Å². The zero-order chi connectivity index (χ0) is 17.6. The monoisotopic (exact) mass is 660 g/mol. The van der Waals surface area contributed by atoms with Crippen LogP contribution in [0.5, 0.6) is 0 Å². The second kappa shape index (κ2) is 10.3. The number of carbonyl (C=O) groups excluding carboxylic acids is 2. The first kappa shape index (κ1) is 21.3. The predicted octanol–water partition coefficient (Wildman–Crippen LogP) is 0.858. The SMILES string of the molecule is O=C(CO)Nc1c(I)cc(I)c(C(=O)N(CCO)CCO)c1I. The molecule has 0 radical (unpaired) electrons. The number of aliphatic hydroxyl groups is 3. The zero-order valence-corrected chi connectivity index (χ0v) is 18.3. The highest BCUT2D eigenvalue weighted by molar-refractivity contribution is 14.1. The number of carbonyl (C=O) groups is 2. The number of rotatable bonds is 7. The molecule has 0 spiro atoms. The number of hydrogen-bond acceptors (Lipinski definition) is 5. The first-order valence-electron chi connectivity index (χ1n) is 6.46. The van der Waals surface area contributed by atoms with E-state index in [4.69, 9.17) is 15.3 Å². The summed E-state index contributed by atoms with van der Waals surface area (Å²) in [6, 6.07) is 1.75. The van der Waals surface area contributed by atoms with Gasteiger partial charge in [-0.25, -0.2) is 0 Å². The van der Waals surface area contributed by atoms with Gasteiger partial charge in [0.2, 0.25) is 5.91 Å². The Bertz CT molecular complexity index is 591. The maximum Gasteiger partial charge on any atom is 0.256 e. The fraction of sp³-hybridized carbons (Fsp3) is 0.385. The molecule has 4 N–H and O–H groups in total. The van der Waals surface area contributed by atoms with E-state index < -0.39 is 12.5 Å². The molecule has 0 saturated heterocycles. The number of aliphatic hydroxyl groups excluding tert-OH is 3. The number of nitrogens with zero attached hydrogens (tertiary/aromatic N) is 1. The van der Waals surface area contributed by atoms with Gasteiger partial charge in [0.05, 0.1) is 28.0 Å². The molecule has 1 aromatic carbocycles. The molecule has 1 aromatic rings. The Balaban J connectivity index is 3.31. The largest absolute Gasteiger partial charge is 0.395 e. The summed E-state index contributed by atoms with van der Waals surface area (Å²) in [7, 11) is 0. The van der Waals surface area contributed by atoms with Crippen molar-refractivity contribution in [2.75, 3.05) is 38.2 Å². The minimum atomic E-state index is -0.650. The molecule has 0 aliphatic rings. The standard InChI is InChI=1S/C13H15I3N2O5/c14-7-5-8(15)12(17-9(22)6-21)11(16)10(7)13(23)18(1-3-19)2-4-20/h5,19-21H,1-4,6H2,(H,17,22). The van der Waals surface area contributed by atoms with E-state index in [1.807, 2.05) is 67.8 Å². The van der Waals surface area contributed by atoms with Gasteiger partial charge in [0.15, 0.2) is 0 Å². The average molecular weight is 660 g/mol. The Hall–Kier alpha value is 0.230. The van der Waals surface area contributed by atoms with E-state index in [1.54, 1.807) is 6.07 Å². The van der Waals surface area contributed by atoms with Crippen LogP contribution in [-0.2, 0) is 4.79 Å². The minimum absolute atomic E-state index is 0.107. The van der Waals surface area contributed by atoms with Crippen LogP contribution in [0.1, 0.15) is 10.4 Å². The number of hydrogen-bond donors (Lipinski definition) is 4. The van der Waals surface area contributed by atoms with Gasteiger partial charge in [-0.2, -0.15) is 0 Å². The van der Waals surface area contributed by atoms with Gasteiger partial charge < -0.3 is 25.5 Å². The van der Waals surface area contributed by atoms with Crippen molar-refractivity contribution < 1.29 is 24.9 Å². The van der Waals surface area contributed by atoms with Gasteiger partial charge >= 0.3 is 0 Å². The number of benzene rings is 1. The molecule has 0 fully saturated rings. The number of nitrogens with one attached hydrogen (secondary N) is 1. The average Bonchev–Trinajstić information content (AvgIpc) is 2.50. The fourth-order valence-corrected chi connectivity index (χ4v) is 5.90. The van der Waals surface area contributed by atoms with E-state index in [0.29, 0.717) is 18.4 Å². The minimum Gasteiger partial charge on any atom is -0.395 e. The van der Waals surface area contributed by atoms with Gasteiger partial charge in [-0.3, -0.25) is 9.59 Å². The maximum atomic E-state index is 12.7. The van der Waals surface area contributed by atoms with Crippen molar-refractivity contribution in [3.8, 4) is 0 Å². The molecular formula is C13H15I3N2O5.